The molecule has 0 radical (unpaired) electrons. The second kappa shape index (κ2) is 7.09. The highest BCUT2D eigenvalue weighted by Gasteiger charge is 2.24. The minimum atomic E-state index is -3.81. The monoisotopic (exact) mass is 367 g/mol. The molecule has 3 rings (SSSR count). The zero-order chi connectivity index (χ0) is 18.7. The van der Waals surface area contributed by atoms with Gasteiger partial charge in [-0.1, -0.05) is 23.8 Å². The molecule has 0 atom stereocenters. The zero-order valence-corrected chi connectivity index (χ0v) is 15.2. The minimum Gasteiger partial charge on any atom is -0.438 e. The first-order valence-corrected chi connectivity index (χ1v) is 9.42. The van der Waals surface area contributed by atoms with Gasteiger partial charge in [-0.05, 0) is 50.2 Å². The van der Waals surface area contributed by atoms with Crippen LogP contribution in [0.3, 0.4) is 0 Å². The van der Waals surface area contributed by atoms with Gasteiger partial charge in [0.15, 0.2) is 5.78 Å². The van der Waals surface area contributed by atoms with Gasteiger partial charge in [0.25, 0.3) is 0 Å². The quantitative estimate of drug-likeness (QED) is 0.631. The normalized spacial score (nSPS) is 11.2. The molecule has 2 aromatic carbocycles. The molecule has 3 aromatic rings. The molecule has 0 spiro atoms. The summed E-state index contributed by atoms with van der Waals surface area (Å²) in [5.41, 5.74) is 1.32. The van der Waals surface area contributed by atoms with Crippen molar-refractivity contribution < 1.29 is 17.9 Å². The molecule has 0 unspecified atom stereocenters. The van der Waals surface area contributed by atoms with E-state index in [1.807, 2.05) is 6.92 Å². The van der Waals surface area contributed by atoms with Gasteiger partial charge in [0.05, 0.1) is 4.90 Å². The van der Waals surface area contributed by atoms with Crippen LogP contribution in [0.2, 0.25) is 0 Å². The highest BCUT2D eigenvalue weighted by atomic mass is 32.2. The number of rotatable bonds is 5. The Kier molecular flexibility index (Phi) is 4.86. The third-order valence-electron chi connectivity index (χ3n) is 3.82. The molecule has 1 heterocycles. The van der Waals surface area contributed by atoms with Crippen LogP contribution in [0.5, 0.6) is 11.6 Å². The smallest absolute Gasteiger partial charge is 0.219 e. The average molecular weight is 367 g/mol. The van der Waals surface area contributed by atoms with Crippen molar-refractivity contribution in [3.63, 3.8) is 0 Å². The number of Topliss-reactive ketones (excluding diaryl/α,β-unsaturated/α-hetero) is 1. The number of ketones is 1. The number of ether oxygens (including phenoxy) is 1. The topological polar surface area (TPSA) is 73.3 Å². The summed E-state index contributed by atoms with van der Waals surface area (Å²) in [6, 6.07) is 15.9. The molecular formula is C20H17NO4S. The van der Waals surface area contributed by atoms with Gasteiger partial charge in [-0.15, -0.1) is 0 Å². The molecule has 0 amide bonds. The van der Waals surface area contributed by atoms with Crippen molar-refractivity contribution in [2.45, 2.75) is 23.6 Å². The molecule has 0 aliphatic rings. The Hall–Kier alpha value is -2.99. The standard InChI is InChI=1S/C20H17NO4S/c1-14-6-9-17(10-7-14)26(23,24)19-11-8-16(15(2)22)13-18(19)25-20-5-3-4-12-21-20/h3-13H,1-2H3. The van der Waals surface area contributed by atoms with Crippen LogP contribution in [0.25, 0.3) is 0 Å². The number of aromatic nitrogens is 1. The van der Waals surface area contributed by atoms with Crippen molar-refractivity contribution in [2.24, 2.45) is 0 Å². The molecule has 0 aliphatic heterocycles. The fraction of sp³-hybridized carbons (Fsp3) is 0.100. The number of carbonyl (C=O) groups excluding carboxylic acids is 1. The first kappa shape index (κ1) is 17.8. The Balaban J connectivity index is 2.13. The maximum Gasteiger partial charge on any atom is 0.219 e. The summed E-state index contributed by atoms with van der Waals surface area (Å²) in [7, 11) is -3.81. The molecule has 0 fully saturated rings. The fourth-order valence-electron chi connectivity index (χ4n) is 2.39. The molecule has 0 bridgehead atoms. The highest BCUT2D eigenvalue weighted by molar-refractivity contribution is 7.91. The molecule has 0 N–H and O–H groups in total. The van der Waals surface area contributed by atoms with E-state index in [2.05, 4.69) is 4.98 Å². The predicted molar refractivity (Wildman–Crippen MR) is 97.4 cm³/mol. The number of pyridine rings is 1. The second-order valence-corrected chi connectivity index (χ2v) is 7.72. The van der Waals surface area contributed by atoms with Gasteiger partial charge in [-0.25, -0.2) is 13.4 Å². The first-order chi connectivity index (χ1) is 12.4. The van der Waals surface area contributed by atoms with Crippen LogP contribution < -0.4 is 4.74 Å². The van der Waals surface area contributed by atoms with Crippen molar-refractivity contribution in [3.05, 3.63) is 78.0 Å². The molecule has 6 heteroatoms. The maximum absolute atomic E-state index is 13.1. The fourth-order valence-corrected chi connectivity index (χ4v) is 3.75. The molecule has 0 saturated carbocycles. The Morgan fingerprint density at radius 1 is 1.00 bits per heavy atom. The molecule has 0 aliphatic carbocycles. The summed E-state index contributed by atoms with van der Waals surface area (Å²) in [6.07, 6.45) is 1.54. The lowest BCUT2D eigenvalue weighted by Crippen LogP contribution is -2.06. The van der Waals surface area contributed by atoms with Crippen LogP contribution >= 0.6 is 0 Å². The molecule has 26 heavy (non-hydrogen) atoms. The predicted octanol–water partition coefficient (Wildman–Crippen LogP) is 4.22. The van der Waals surface area contributed by atoms with Crippen molar-refractivity contribution >= 4 is 15.6 Å². The van der Waals surface area contributed by atoms with E-state index in [0.29, 0.717) is 5.56 Å². The van der Waals surface area contributed by atoms with Crippen LogP contribution in [-0.2, 0) is 9.84 Å². The van der Waals surface area contributed by atoms with Gasteiger partial charge >= 0.3 is 0 Å². The van der Waals surface area contributed by atoms with Gasteiger partial charge < -0.3 is 4.74 Å². The molecule has 0 saturated heterocycles. The van der Waals surface area contributed by atoms with Crippen LogP contribution in [0.1, 0.15) is 22.8 Å². The largest absolute Gasteiger partial charge is 0.438 e. The van der Waals surface area contributed by atoms with Gasteiger partial charge in [0, 0.05) is 17.8 Å². The van der Waals surface area contributed by atoms with Gasteiger partial charge in [0.1, 0.15) is 10.6 Å². The van der Waals surface area contributed by atoms with E-state index in [9.17, 15) is 13.2 Å². The Morgan fingerprint density at radius 3 is 2.35 bits per heavy atom. The van der Waals surface area contributed by atoms with Crippen LogP contribution in [0.15, 0.2) is 76.7 Å². The van der Waals surface area contributed by atoms with E-state index < -0.39 is 9.84 Å². The third kappa shape index (κ3) is 3.65. The van der Waals surface area contributed by atoms with Crippen molar-refractivity contribution in [1.29, 1.82) is 0 Å². The van der Waals surface area contributed by atoms with E-state index in [4.69, 9.17) is 4.74 Å². The van der Waals surface area contributed by atoms with Gasteiger partial charge in [-0.3, -0.25) is 4.79 Å². The summed E-state index contributed by atoms with van der Waals surface area (Å²) in [5, 5.41) is 0. The van der Waals surface area contributed by atoms with Gasteiger partial charge in [0.2, 0.25) is 15.7 Å². The van der Waals surface area contributed by atoms with Crippen molar-refractivity contribution in [2.75, 3.05) is 0 Å². The van der Waals surface area contributed by atoms with Crippen LogP contribution in [0, 0.1) is 6.92 Å². The number of nitrogens with zero attached hydrogens (tertiary/aromatic N) is 1. The zero-order valence-electron chi connectivity index (χ0n) is 14.3. The summed E-state index contributed by atoms with van der Waals surface area (Å²) >= 11 is 0. The average Bonchev–Trinajstić information content (AvgIpc) is 2.62. The van der Waals surface area contributed by atoms with Crippen molar-refractivity contribution in [1.82, 2.24) is 4.98 Å². The summed E-state index contributed by atoms with van der Waals surface area (Å²) in [4.78, 5) is 15.9. The SMILES string of the molecule is CC(=O)c1ccc(S(=O)(=O)c2ccc(C)cc2)c(Oc2ccccn2)c1. The second-order valence-electron chi connectivity index (χ2n) is 5.80. The van der Waals surface area contributed by atoms with E-state index >= 15 is 0 Å². The number of benzene rings is 2. The third-order valence-corrected chi connectivity index (χ3v) is 5.63. The van der Waals surface area contributed by atoms with E-state index in [1.54, 1.807) is 42.5 Å². The van der Waals surface area contributed by atoms with E-state index in [-0.39, 0.29) is 27.2 Å². The van der Waals surface area contributed by atoms with Crippen LogP contribution in [0.4, 0.5) is 0 Å². The lowest BCUT2D eigenvalue weighted by Gasteiger charge is -2.12. The molecular weight excluding hydrogens is 350 g/mol. The number of carbonyl (C=O) groups is 1. The Morgan fingerprint density at radius 2 is 1.73 bits per heavy atom. The summed E-state index contributed by atoms with van der Waals surface area (Å²) in [5.74, 6) is 0.126. The van der Waals surface area contributed by atoms with Crippen molar-refractivity contribution in [3.8, 4) is 11.6 Å². The van der Waals surface area contributed by atoms with Gasteiger partial charge in [-0.2, -0.15) is 0 Å². The number of hydrogen-bond donors (Lipinski definition) is 0. The molecule has 132 valence electrons. The Labute approximate surface area is 152 Å². The highest BCUT2D eigenvalue weighted by Crippen LogP contribution is 2.33. The Bertz CT molecular complexity index is 1040. The summed E-state index contributed by atoms with van der Waals surface area (Å²) < 4.78 is 31.8. The maximum atomic E-state index is 13.1. The number of hydrogen-bond acceptors (Lipinski definition) is 5. The lowest BCUT2D eigenvalue weighted by atomic mass is 10.1. The summed E-state index contributed by atoms with van der Waals surface area (Å²) in [6.45, 7) is 3.29. The number of sulfone groups is 1. The molecule has 5 nitrogen and oxygen atoms in total. The van der Waals surface area contributed by atoms with E-state index in [1.165, 1.54) is 31.3 Å². The number of aryl methyl sites for hydroxylation is 1. The lowest BCUT2D eigenvalue weighted by molar-refractivity contribution is 0.101. The molecule has 1 aromatic heterocycles. The first-order valence-electron chi connectivity index (χ1n) is 7.93. The van der Waals surface area contributed by atoms with Crippen LogP contribution in [-0.4, -0.2) is 19.2 Å². The minimum absolute atomic E-state index is 0.0167. The van der Waals surface area contributed by atoms with E-state index in [0.717, 1.165) is 5.56 Å².